The van der Waals surface area contributed by atoms with Crippen molar-refractivity contribution in [1.82, 2.24) is 0 Å². The molecule has 0 unspecified atom stereocenters. The number of nitrogens with zero attached hydrogens (tertiary/aromatic N) is 1. The third-order valence-corrected chi connectivity index (χ3v) is 3.28. The van der Waals surface area contributed by atoms with Gasteiger partial charge in [0, 0.05) is 0 Å². The van der Waals surface area contributed by atoms with Gasteiger partial charge in [-0.25, -0.2) is 13.6 Å². The van der Waals surface area contributed by atoms with Crippen molar-refractivity contribution < 1.29 is 13.2 Å². The fourth-order valence-electron chi connectivity index (χ4n) is 1.46. The van der Waals surface area contributed by atoms with Crippen molar-refractivity contribution in [2.45, 2.75) is 4.90 Å². The van der Waals surface area contributed by atoms with Crippen molar-refractivity contribution in [2.24, 2.45) is 5.14 Å². The van der Waals surface area contributed by atoms with Crippen molar-refractivity contribution in [3.05, 3.63) is 54.1 Å². The van der Waals surface area contributed by atoms with E-state index in [1.165, 1.54) is 24.3 Å². The summed E-state index contributed by atoms with van der Waals surface area (Å²) in [4.78, 5) is 0.0191. The van der Waals surface area contributed by atoms with E-state index in [1.54, 1.807) is 24.3 Å². The molecule has 5 nitrogen and oxygen atoms in total. The second kappa shape index (κ2) is 5.10. The van der Waals surface area contributed by atoms with Gasteiger partial charge in [0.25, 0.3) is 0 Å². The van der Waals surface area contributed by atoms with Crippen LogP contribution in [0.2, 0.25) is 0 Å². The number of nitrogens with two attached hydrogens (primary N) is 1. The molecule has 0 atom stereocenters. The Hall–Kier alpha value is -2.36. The van der Waals surface area contributed by atoms with Crippen LogP contribution in [-0.4, -0.2) is 8.42 Å². The van der Waals surface area contributed by atoms with Gasteiger partial charge in [-0.3, -0.25) is 0 Å². The van der Waals surface area contributed by atoms with E-state index in [0.717, 1.165) is 0 Å². The van der Waals surface area contributed by atoms with Crippen LogP contribution < -0.4 is 9.88 Å². The van der Waals surface area contributed by atoms with Crippen LogP contribution in [0, 0.1) is 11.3 Å². The number of hydrogen-bond donors (Lipinski definition) is 1. The predicted octanol–water partition coefficient (Wildman–Crippen LogP) is 2.00. The highest BCUT2D eigenvalue weighted by Gasteiger charge is 2.07. The SMILES string of the molecule is N#Cc1cccc(Oc2ccc(S(N)(=O)=O)cc2)c1. The normalized spacial score (nSPS) is 10.7. The fraction of sp³-hybridized carbons (Fsp3) is 0. The monoisotopic (exact) mass is 274 g/mol. The standard InChI is InChI=1S/C13H10N2O3S/c14-9-10-2-1-3-12(8-10)18-11-4-6-13(7-5-11)19(15,16)17/h1-8H,(H2,15,16,17). The lowest BCUT2D eigenvalue weighted by atomic mass is 10.2. The van der Waals surface area contributed by atoms with Crippen LogP contribution in [-0.2, 0) is 10.0 Å². The number of primary sulfonamides is 1. The lowest BCUT2D eigenvalue weighted by molar-refractivity contribution is 0.482. The highest BCUT2D eigenvalue weighted by molar-refractivity contribution is 7.89. The van der Waals surface area contributed by atoms with E-state index in [2.05, 4.69) is 0 Å². The molecule has 96 valence electrons. The van der Waals surface area contributed by atoms with Crippen LogP contribution in [0.3, 0.4) is 0 Å². The topological polar surface area (TPSA) is 93.2 Å². The Morgan fingerprint density at radius 3 is 2.32 bits per heavy atom. The zero-order valence-electron chi connectivity index (χ0n) is 9.78. The predicted molar refractivity (Wildman–Crippen MR) is 69.0 cm³/mol. The minimum Gasteiger partial charge on any atom is -0.457 e. The van der Waals surface area contributed by atoms with Crippen molar-refractivity contribution in [2.75, 3.05) is 0 Å². The van der Waals surface area contributed by atoms with Gasteiger partial charge in [-0.1, -0.05) is 6.07 Å². The molecule has 6 heteroatoms. The third-order valence-electron chi connectivity index (χ3n) is 2.35. The molecule has 0 aliphatic heterocycles. The Balaban J connectivity index is 2.22. The average Bonchev–Trinajstić information content (AvgIpc) is 2.38. The second-order valence-corrected chi connectivity index (χ2v) is 5.32. The molecular formula is C13H10N2O3S. The fourth-order valence-corrected chi connectivity index (χ4v) is 1.98. The summed E-state index contributed by atoms with van der Waals surface area (Å²) in [5, 5.41) is 13.8. The quantitative estimate of drug-likeness (QED) is 0.926. The van der Waals surface area contributed by atoms with Gasteiger partial charge in [-0.15, -0.1) is 0 Å². The number of nitriles is 1. The molecule has 2 rings (SSSR count). The number of benzene rings is 2. The van der Waals surface area contributed by atoms with Crippen molar-refractivity contribution in [1.29, 1.82) is 5.26 Å². The Bertz CT molecular complexity index is 731. The van der Waals surface area contributed by atoms with Crippen LogP contribution in [0.25, 0.3) is 0 Å². The summed E-state index contributed by atoms with van der Waals surface area (Å²) in [7, 11) is -3.70. The zero-order valence-corrected chi connectivity index (χ0v) is 10.6. The smallest absolute Gasteiger partial charge is 0.238 e. The van der Waals surface area contributed by atoms with E-state index >= 15 is 0 Å². The number of hydrogen-bond acceptors (Lipinski definition) is 4. The largest absolute Gasteiger partial charge is 0.457 e. The summed E-state index contributed by atoms with van der Waals surface area (Å²) in [6, 6.07) is 14.4. The van der Waals surface area contributed by atoms with Gasteiger partial charge in [-0.05, 0) is 42.5 Å². The molecule has 19 heavy (non-hydrogen) atoms. The van der Waals surface area contributed by atoms with Crippen LogP contribution in [0.1, 0.15) is 5.56 Å². The van der Waals surface area contributed by atoms with Crippen LogP contribution in [0.4, 0.5) is 0 Å². The maximum atomic E-state index is 11.1. The van der Waals surface area contributed by atoms with Gasteiger partial charge in [-0.2, -0.15) is 5.26 Å². The molecule has 2 aromatic rings. The summed E-state index contributed by atoms with van der Waals surface area (Å²) >= 11 is 0. The van der Waals surface area contributed by atoms with E-state index in [1.807, 2.05) is 6.07 Å². The molecule has 0 saturated carbocycles. The Labute approximate surface area is 110 Å². The van der Waals surface area contributed by atoms with E-state index in [9.17, 15) is 8.42 Å². The molecule has 0 aromatic heterocycles. The van der Waals surface area contributed by atoms with Crippen LogP contribution in [0.15, 0.2) is 53.4 Å². The second-order valence-electron chi connectivity index (χ2n) is 3.76. The molecule has 0 aliphatic rings. The minimum atomic E-state index is -3.70. The lowest BCUT2D eigenvalue weighted by Gasteiger charge is -2.06. The van der Waals surface area contributed by atoms with Gasteiger partial charge >= 0.3 is 0 Å². The first-order valence-electron chi connectivity index (χ1n) is 5.30. The van der Waals surface area contributed by atoms with E-state index in [-0.39, 0.29) is 4.90 Å². The summed E-state index contributed by atoms with van der Waals surface area (Å²) in [5.41, 5.74) is 0.485. The lowest BCUT2D eigenvalue weighted by Crippen LogP contribution is -2.11. The summed E-state index contributed by atoms with van der Waals surface area (Å²) in [5.74, 6) is 0.963. The Morgan fingerprint density at radius 2 is 1.74 bits per heavy atom. The van der Waals surface area contributed by atoms with Gasteiger partial charge in [0.15, 0.2) is 0 Å². The first-order chi connectivity index (χ1) is 8.99. The van der Waals surface area contributed by atoms with Gasteiger partial charge < -0.3 is 4.74 Å². The highest BCUT2D eigenvalue weighted by Crippen LogP contribution is 2.23. The average molecular weight is 274 g/mol. The third kappa shape index (κ3) is 3.31. The summed E-state index contributed by atoms with van der Waals surface area (Å²) in [6.45, 7) is 0. The van der Waals surface area contributed by atoms with E-state index < -0.39 is 10.0 Å². The van der Waals surface area contributed by atoms with Crippen molar-refractivity contribution >= 4 is 10.0 Å². The Kier molecular flexibility index (Phi) is 3.51. The zero-order chi connectivity index (χ0) is 13.9. The molecule has 0 amide bonds. The maximum absolute atomic E-state index is 11.1. The Morgan fingerprint density at radius 1 is 1.05 bits per heavy atom. The molecule has 0 heterocycles. The van der Waals surface area contributed by atoms with E-state index in [4.69, 9.17) is 15.1 Å². The molecule has 2 N–H and O–H groups in total. The number of ether oxygens (including phenoxy) is 1. The molecule has 0 aliphatic carbocycles. The molecule has 0 spiro atoms. The molecular weight excluding hydrogens is 264 g/mol. The first-order valence-corrected chi connectivity index (χ1v) is 6.84. The first kappa shape index (κ1) is 13.1. The van der Waals surface area contributed by atoms with Crippen LogP contribution >= 0.6 is 0 Å². The van der Waals surface area contributed by atoms with E-state index in [0.29, 0.717) is 17.1 Å². The van der Waals surface area contributed by atoms with Gasteiger partial charge in [0.1, 0.15) is 11.5 Å². The molecule has 0 bridgehead atoms. The maximum Gasteiger partial charge on any atom is 0.238 e. The minimum absolute atomic E-state index is 0.0191. The van der Waals surface area contributed by atoms with Crippen LogP contribution in [0.5, 0.6) is 11.5 Å². The highest BCUT2D eigenvalue weighted by atomic mass is 32.2. The number of rotatable bonds is 3. The summed E-state index contributed by atoms with van der Waals surface area (Å²) < 4.78 is 27.7. The molecule has 2 aromatic carbocycles. The summed E-state index contributed by atoms with van der Waals surface area (Å²) in [6.07, 6.45) is 0. The number of sulfonamides is 1. The van der Waals surface area contributed by atoms with Gasteiger partial charge in [0.05, 0.1) is 16.5 Å². The molecule has 0 saturated heterocycles. The molecule has 0 fully saturated rings. The van der Waals surface area contributed by atoms with Crippen molar-refractivity contribution in [3.8, 4) is 17.6 Å². The van der Waals surface area contributed by atoms with Gasteiger partial charge in [0.2, 0.25) is 10.0 Å². The van der Waals surface area contributed by atoms with Crippen molar-refractivity contribution in [3.63, 3.8) is 0 Å². The molecule has 0 radical (unpaired) electrons.